The van der Waals surface area contributed by atoms with Gasteiger partial charge in [-0.1, -0.05) is 25.3 Å². The number of rotatable bonds is 5. The molecule has 0 bridgehead atoms. The van der Waals surface area contributed by atoms with E-state index in [4.69, 9.17) is 4.42 Å². The third-order valence-electron chi connectivity index (χ3n) is 4.35. The molecule has 3 rings (SSSR count). The van der Waals surface area contributed by atoms with Crippen molar-refractivity contribution in [3.8, 4) is 0 Å². The van der Waals surface area contributed by atoms with E-state index in [1.54, 1.807) is 12.1 Å². The topological polar surface area (TPSA) is 62.5 Å². The van der Waals surface area contributed by atoms with Crippen molar-refractivity contribution in [1.82, 2.24) is 5.32 Å². The highest BCUT2D eigenvalue weighted by molar-refractivity contribution is 7.10. The van der Waals surface area contributed by atoms with Gasteiger partial charge in [0, 0.05) is 10.8 Å². The van der Waals surface area contributed by atoms with Crippen molar-refractivity contribution >= 4 is 17.2 Å². The van der Waals surface area contributed by atoms with Gasteiger partial charge in [-0.15, -0.1) is 11.3 Å². The number of hydrogen-bond donors (Lipinski definition) is 2. The van der Waals surface area contributed by atoms with Gasteiger partial charge < -0.3 is 14.8 Å². The Morgan fingerprint density at radius 3 is 2.77 bits per heavy atom. The van der Waals surface area contributed by atoms with Gasteiger partial charge in [0.15, 0.2) is 5.60 Å². The lowest BCUT2D eigenvalue weighted by molar-refractivity contribution is -0.127. The average Bonchev–Trinajstić information content (AvgIpc) is 3.26. The van der Waals surface area contributed by atoms with E-state index in [-0.39, 0.29) is 18.4 Å². The Labute approximate surface area is 134 Å². The molecule has 1 aliphatic carbocycles. The van der Waals surface area contributed by atoms with Gasteiger partial charge in [0.2, 0.25) is 5.91 Å². The molecule has 0 spiro atoms. The molecule has 0 saturated heterocycles. The normalized spacial score (nSPS) is 18.8. The Morgan fingerprint density at radius 1 is 1.32 bits per heavy atom. The molecule has 5 heteroatoms. The molecule has 2 aromatic rings. The van der Waals surface area contributed by atoms with Gasteiger partial charge in [0.05, 0.1) is 12.8 Å². The zero-order chi connectivity index (χ0) is 15.4. The van der Waals surface area contributed by atoms with E-state index in [0.717, 1.165) is 30.6 Å². The molecule has 1 saturated carbocycles. The number of nitrogens with one attached hydrogen (secondary N) is 1. The van der Waals surface area contributed by atoms with E-state index in [1.807, 2.05) is 17.5 Å². The van der Waals surface area contributed by atoms with Crippen molar-refractivity contribution < 1.29 is 14.3 Å². The molecule has 0 aromatic carbocycles. The van der Waals surface area contributed by atoms with Crippen LogP contribution in [0.4, 0.5) is 0 Å². The predicted octanol–water partition coefficient (Wildman–Crippen LogP) is 3.27. The van der Waals surface area contributed by atoms with Crippen molar-refractivity contribution in [2.45, 2.75) is 37.7 Å². The van der Waals surface area contributed by atoms with Gasteiger partial charge in [-0.3, -0.25) is 4.79 Å². The Morgan fingerprint density at radius 2 is 2.14 bits per heavy atom. The van der Waals surface area contributed by atoms with E-state index in [0.29, 0.717) is 5.76 Å². The van der Waals surface area contributed by atoms with Crippen LogP contribution in [-0.4, -0.2) is 17.6 Å². The molecule has 1 unspecified atom stereocenters. The lowest BCUT2D eigenvalue weighted by atomic mass is 9.88. The van der Waals surface area contributed by atoms with Crippen LogP contribution >= 0.6 is 11.3 Å². The quantitative estimate of drug-likeness (QED) is 0.889. The lowest BCUT2D eigenvalue weighted by Gasteiger charge is -2.27. The fourth-order valence-corrected chi connectivity index (χ4v) is 3.88. The third kappa shape index (κ3) is 3.10. The van der Waals surface area contributed by atoms with Gasteiger partial charge in [-0.25, -0.2) is 0 Å². The summed E-state index contributed by atoms with van der Waals surface area (Å²) in [6.45, 7) is 0.135. The van der Waals surface area contributed by atoms with Crippen LogP contribution in [0, 0.1) is 5.92 Å². The molecular weight excluding hydrogens is 298 g/mol. The highest BCUT2D eigenvalue weighted by Gasteiger charge is 2.36. The largest absolute Gasteiger partial charge is 0.466 e. The Kier molecular flexibility index (Phi) is 4.64. The van der Waals surface area contributed by atoms with Crippen LogP contribution in [-0.2, 0) is 10.4 Å². The van der Waals surface area contributed by atoms with Crippen molar-refractivity contribution in [3.63, 3.8) is 0 Å². The number of amides is 1. The minimum atomic E-state index is -1.30. The van der Waals surface area contributed by atoms with Crippen LogP contribution in [0.2, 0.25) is 0 Å². The van der Waals surface area contributed by atoms with Gasteiger partial charge in [0.25, 0.3) is 0 Å². The molecular formula is C17H21NO3S. The van der Waals surface area contributed by atoms with Crippen molar-refractivity contribution in [2.75, 3.05) is 6.54 Å². The summed E-state index contributed by atoms with van der Waals surface area (Å²) in [6.07, 6.45) is 6.89. The molecule has 1 aliphatic rings. The second kappa shape index (κ2) is 6.67. The number of hydrogen-bond acceptors (Lipinski definition) is 4. The molecule has 22 heavy (non-hydrogen) atoms. The molecule has 1 amide bonds. The van der Waals surface area contributed by atoms with Crippen LogP contribution < -0.4 is 5.32 Å². The maximum absolute atomic E-state index is 12.3. The van der Waals surface area contributed by atoms with E-state index < -0.39 is 5.60 Å². The molecule has 2 N–H and O–H groups in total. The van der Waals surface area contributed by atoms with Crippen LogP contribution in [0.1, 0.15) is 42.7 Å². The van der Waals surface area contributed by atoms with Gasteiger partial charge >= 0.3 is 0 Å². The molecule has 2 aromatic heterocycles. The van der Waals surface area contributed by atoms with Crippen molar-refractivity contribution in [2.24, 2.45) is 5.92 Å². The standard InChI is InChI=1S/C17H21NO3S/c19-16(13-6-2-1-3-7-13)18-12-17(20,14-8-4-10-21-14)15-9-5-11-22-15/h4-5,8-11,13,20H,1-3,6-7,12H2,(H,18,19). The van der Waals surface area contributed by atoms with E-state index in [9.17, 15) is 9.90 Å². The zero-order valence-electron chi connectivity index (χ0n) is 12.5. The molecule has 0 radical (unpaired) electrons. The smallest absolute Gasteiger partial charge is 0.223 e. The summed E-state index contributed by atoms with van der Waals surface area (Å²) in [5.74, 6) is 0.582. The van der Waals surface area contributed by atoms with E-state index >= 15 is 0 Å². The van der Waals surface area contributed by atoms with Crippen LogP contribution in [0.5, 0.6) is 0 Å². The van der Waals surface area contributed by atoms with E-state index in [2.05, 4.69) is 5.32 Å². The fraction of sp³-hybridized carbons (Fsp3) is 0.471. The average molecular weight is 319 g/mol. The maximum atomic E-state index is 12.3. The molecule has 1 atom stereocenters. The zero-order valence-corrected chi connectivity index (χ0v) is 13.3. The summed E-state index contributed by atoms with van der Waals surface area (Å²) >= 11 is 1.45. The van der Waals surface area contributed by atoms with Crippen LogP contribution in [0.25, 0.3) is 0 Å². The first-order valence-corrected chi connectivity index (χ1v) is 8.66. The summed E-state index contributed by atoms with van der Waals surface area (Å²) in [7, 11) is 0. The Hall–Kier alpha value is -1.59. The minimum absolute atomic E-state index is 0.0428. The highest BCUT2D eigenvalue weighted by Crippen LogP contribution is 2.33. The highest BCUT2D eigenvalue weighted by atomic mass is 32.1. The minimum Gasteiger partial charge on any atom is -0.466 e. The van der Waals surface area contributed by atoms with Gasteiger partial charge in [0.1, 0.15) is 5.76 Å². The van der Waals surface area contributed by atoms with Crippen molar-refractivity contribution in [1.29, 1.82) is 0 Å². The molecule has 0 aliphatic heterocycles. The predicted molar refractivity (Wildman–Crippen MR) is 85.6 cm³/mol. The first-order valence-electron chi connectivity index (χ1n) is 7.78. The summed E-state index contributed by atoms with van der Waals surface area (Å²) in [6, 6.07) is 7.24. The Bertz CT molecular complexity index is 551. The van der Waals surface area contributed by atoms with Crippen molar-refractivity contribution in [3.05, 3.63) is 46.5 Å². The molecule has 2 heterocycles. The fourth-order valence-electron chi connectivity index (χ4n) is 3.05. The first kappa shape index (κ1) is 15.3. The summed E-state index contributed by atoms with van der Waals surface area (Å²) in [4.78, 5) is 13.1. The van der Waals surface area contributed by atoms with Crippen LogP contribution in [0.15, 0.2) is 40.3 Å². The molecule has 4 nitrogen and oxygen atoms in total. The number of aliphatic hydroxyl groups is 1. The lowest BCUT2D eigenvalue weighted by Crippen LogP contribution is -2.43. The number of furan rings is 1. The van der Waals surface area contributed by atoms with Gasteiger partial charge in [-0.05, 0) is 36.4 Å². The summed E-state index contributed by atoms with van der Waals surface area (Å²) < 4.78 is 5.41. The summed E-state index contributed by atoms with van der Waals surface area (Å²) in [5.41, 5.74) is -1.30. The number of thiophene rings is 1. The molecule has 118 valence electrons. The SMILES string of the molecule is O=C(NCC(O)(c1ccco1)c1cccs1)C1CCCCC1. The Balaban J connectivity index is 1.72. The molecule has 1 fully saturated rings. The van der Waals surface area contributed by atoms with Crippen LogP contribution in [0.3, 0.4) is 0 Å². The second-order valence-corrected chi connectivity index (χ2v) is 6.82. The third-order valence-corrected chi connectivity index (χ3v) is 5.37. The van der Waals surface area contributed by atoms with Gasteiger partial charge in [-0.2, -0.15) is 0 Å². The number of carbonyl (C=O) groups is 1. The summed E-state index contributed by atoms with van der Waals surface area (Å²) in [5, 5.41) is 15.9. The first-order chi connectivity index (χ1) is 10.7. The second-order valence-electron chi connectivity index (χ2n) is 5.87. The number of carbonyl (C=O) groups excluding carboxylic acids is 1. The monoisotopic (exact) mass is 319 g/mol. The van der Waals surface area contributed by atoms with E-state index in [1.165, 1.54) is 24.0 Å². The maximum Gasteiger partial charge on any atom is 0.223 e.